The van der Waals surface area contributed by atoms with Gasteiger partial charge in [0.15, 0.2) is 0 Å². The molecule has 1 aromatic carbocycles. The molecule has 0 aromatic heterocycles. The standard InChI is InChI=1S/C28H41NO4/c1-16(2)10-12-29-15-20-18(25(29)32)13-21(30)19-14-28(33-24(19)20)17(3)7-8-22-26(4,5)23(31)9-11-27(22,28)6/h13,16-17,22-23,30-31H,7-12,14-15H2,1-6H3. The average Bonchev–Trinajstić information content (AvgIpc) is 3.29. The van der Waals surface area contributed by atoms with Crippen LogP contribution in [-0.4, -0.2) is 39.3 Å². The molecule has 1 spiro atoms. The summed E-state index contributed by atoms with van der Waals surface area (Å²) in [7, 11) is 0. The fraction of sp³-hybridized carbons (Fsp3) is 0.750. The van der Waals surface area contributed by atoms with E-state index in [0.717, 1.165) is 55.5 Å². The Kier molecular flexibility index (Phi) is 5.14. The number of carbonyl (C=O) groups is 1. The van der Waals surface area contributed by atoms with Crippen molar-refractivity contribution < 1.29 is 19.7 Å². The van der Waals surface area contributed by atoms with Gasteiger partial charge in [0.1, 0.15) is 17.1 Å². The summed E-state index contributed by atoms with van der Waals surface area (Å²) in [6.45, 7) is 14.7. The molecule has 33 heavy (non-hydrogen) atoms. The number of rotatable bonds is 3. The number of amides is 1. The van der Waals surface area contributed by atoms with E-state index in [9.17, 15) is 15.0 Å². The number of fused-ring (bicyclic) bond motifs is 5. The first kappa shape index (κ1) is 23.0. The number of benzene rings is 1. The van der Waals surface area contributed by atoms with Crippen molar-refractivity contribution in [3.05, 3.63) is 22.8 Å². The predicted molar refractivity (Wildman–Crippen MR) is 128 cm³/mol. The number of hydrogen-bond donors (Lipinski definition) is 2. The molecule has 0 saturated heterocycles. The first-order chi connectivity index (χ1) is 15.4. The molecule has 2 heterocycles. The lowest BCUT2D eigenvalue weighted by atomic mass is 9.43. The van der Waals surface area contributed by atoms with Gasteiger partial charge in [0.2, 0.25) is 0 Å². The molecule has 5 heteroatoms. The molecular formula is C28H41NO4. The third-order valence-corrected chi connectivity index (χ3v) is 10.1. The summed E-state index contributed by atoms with van der Waals surface area (Å²) >= 11 is 0. The molecule has 2 N–H and O–H groups in total. The summed E-state index contributed by atoms with van der Waals surface area (Å²) < 4.78 is 7.07. The van der Waals surface area contributed by atoms with Gasteiger partial charge >= 0.3 is 0 Å². The molecule has 2 saturated carbocycles. The van der Waals surface area contributed by atoms with E-state index in [-0.39, 0.29) is 28.6 Å². The monoisotopic (exact) mass is 455 g/mol. The maximum absolute atomic E-state index is 13.1. The van der Waals surface area contributed by atoms with Crippen LogP contribution >= 0.6 is 0 Å². The topological polar surface area (TPSA) is 70.0 Å². The van der Waals surface area contributed by atoms with Crippen molar-refractivity contribution >= 4 is 5.91 Å². The number of aliphatic hydroxyl groups excluding tert-OH is 1. The summed E-state index contributed by atoms with van der Waals surface area (Å²) in [5.41, 5.74) is 1.75. The minimum atomic E-state index is -0.420. The van der Waals surface area contributed by atoms with Crippen LogP contribution in [0.2, 0.25) is 0 Å². The summed E-state index contributed by atoms with van der Waals surface area (Å²) in [6.07, 6.45) is 5.19. The number of aliphatic hydroxyl groups is 1. The highest BCUT2D eigenvalue weighted by atomic mass is 16.5. The molecule has 5 unspecified atom stereocenters. The van der Waals surface area contributed by atoms with Crippen LogP contribution in [0.15, 0.2) is 6.07 Å². The Morgan fingerprint density at radius 3 is 2.61 bits per heavy atom. The van der Waals surface area contributed by atoms with Gasteiger partial charge in [0, 0.05) is 29.5 Å². The Hall–Kier alpha value is -1.75. The molecule has 182 valence electrons. The van der Waals surface area contributed by atoms with E-state index in [1.165, 1.54) is 0 Å². The molecule has 1 aromatic rings. The Morgan fingerprint density at radius 2 is 1.91 bits per heavy atom. The van der Waals surface area contributed by atoms with E-state index in [1.807, 2.05) is 4.90 Å². The number of phenolic OH excluding ortho intramolecular Hbond substituents is 1. The smallest absolute Gasteiger partial charge is 0.254 e. The quantitative estimate of drug-likeness (QED) is 0.649. The largest absolute Gasteiger partial charge is 0.508 e. The van der Waals surface area contributed by atoms with Crippen molar-refractivity contribution in [2.24, 2.45) is 28.6 Å². The first-order valence-electron chi connectivity index (χ1n) is 13.0. The lowest BCUT2D eigenvalue weighted by Crippen LogP contribution is -2.66. The van der Waals surface area contributed by atoms with Gasteiger partial charge in [0.05, 0.1) is 18.2 Å². The van der Waals surface area contributed by atoms with Crippen molar-refractivity contribution in [2.45, 2.75) is 98.3 Å². The summed E-state index contributed by atoms with van der Waals surface area (Å²) in [6, 6.07) is 1.69. The van der Waals surface area contributed by atoms with Crippen molar-refractivity contribution in [1.82, 2.24) is 4.90 Å². The highest BCUT2D eigenvalue weighted by Crippen LogP contribution is 2.67. The van der Waals surface area contributed by atoms with Gasteiger partial charge in [0.25, 0.3) is 5.91 Å². The molecule has 1 amide bonds. The second-order valence-corrected chi connectivity index (χ2v) is 12.6. The number of ether oxygens (including phenoxy) is 1. The minimum absolute atomic E-state index is 0.0102. The van der Waals surface area contributed by atoms with Gasteiger partial charge < -0.3 is 19.8 Å². The highest BCUT2D eigenvalue weighted by molar-refractivity contribution is 6.00. The summed E-state index contributed by atoms with van der Waals surface area (Å²) in [4.78, 5) is 15.0. The molecule has 2 fully saturated rings. The van der Waals surface area contributed by atoms with Gasteiger partial charge in [-0.25, -0.2) is 0 Å². The molecule has 4 aliphatic rings. The molecule has 0 radical (unpaired) electrons. The fourth-order valence-corrected chi connectivity index (χ4v) is 7.92. The number of phenols is 1. The molecule has 2 aliphatic heterocycles. The van der Waals surface area contributed by atoms with Crippen LogP contribution in [0.5, 0.6) is 11.5 Å². The van der Waals surface area contributed by atoms with Crippen LogP contribution in [0.3, 0.4) is 0 Å². The number of hydrogen-bond acceptors (Lipinski definition) is 4. The molecule has 5 nitrogen and oxygen atoms in total. The zero-order valence-corrected chi connectivity index (χ0v) is 21.2. The van der Waals surface area contributed by atoms with E-state index < -0.39 is 5.60 Å². The third kappa shape index (κ3) is 3.03. The highest BCUT2D eigenvalue weighted by Gasteiger charge is 2.67. The summed E-state index contributed by atoms with van der Waals surface area (Å²) in [5.74, 6) is 2.19. The van der Waals surface area contributed by atoms with Crippen molar-refractivity contribution in [2.75, 3.05) is 6.54 Å². The van der Waals surface area contributed by atoms with E-state index in [1.54, 1.807) is 6.07 Å². The average molecular weight is 456 g/mol. The maximum atomic E-state index is 13.1. The second-order valence-electron chi connectivity index (χ2n) is 12.6. The van der Waals surface area contributed by atoms with Gasteiger partial charge in [-0.1, -0.05) is 41.5 Å². The Balaban J connectivity index is 1.55. The normalized spacial score (nSPS) is 36.7. The van der Waals surface area contributed by atoms with Crippen LogP contribution in [0.25, 0.3) is 0 Å². The van der Waals surface area contributed by atoms with Crippen LogP contribution in [0.1, 0.15) is 95.1 Å². The Labute approximate surface area is 198 Å². The van der Waals surface area contributed by atoms with E-state index in [0.29, 0.717) is 36.3 Å². The fourth-order valence-electron chi connectivity index (χ4n) is 7.92. The van der Waals surface area contributed by atoms with E-state index >= 15 is 0 Å². The summed E-state index contributed by atoms with van der Waals surface area (Å²) in [5, 5.41) is 21.9. The van der Waals surface area contributed by atoms with Gasteiger partial charge in [-0.05, 0) is 61.3 Å². The number of carbonyl (C=O) groups excluding carboxylic acids is 1. The molecule has 2 aliphatic carbocycles. The van der Waals surface area contributed by atoms with Crippen molar-refractivity contribution in [3.8, 4) is 11.5 Å². The maximum Gasteiger partial charge on any atom is 0.254 e. The lowest BCUT2D eigenvalue weighted by Gasteiger charge is -2.64. The van der Waals surface area contributed by atoms with Gasteiger partial charge in [-0.2, -0.15) is 0 Å². The Morgan fingerprint density at radius 1 is 1.18 bits per heavy atom. The lowest BCUT2D eigenvalue weighted by molar-refractivity contribution is -0.210. The zero-order chi connectivity index (χ0) is 23.9. The molecule has 0 bridgehead atoms. The number of nitrogens with zero attached hydrogens (tertiary/aromatic N) is 1. The van der Waals surface area contributed by atoms with Gasteiger partial charge in [-0.15, -0.1) is 0 Å². The van der Waals surface area contributed by atoms with Crippen LogP contribution in [-0.2, 0) is 13.0 Å². The van der Waals surface area contributed by atoms with Crippen LogP contribution in [0, 0.1) is 28.6 Å². The third-order valence-electron chi connectivity index (χ3n) is 10.1. The predicted octanol–water partition coefficient (Wildman–Crippen LogP) is 5.30. The minimum Gasteiger partial charge on any atom is -0.508 e. The van der Waals surface area contributed by atoms with E-state index in [2.05, 4.69) is 41.5 Å². The van der Waals surface area contributed by atoms with Crippen molar-refractivity contribution in [3.63, 3.8) is 0 Å². The van der Waals surface area contributed by atoms with Crippen LogP contribution in [0.4, 0.5) is 0 Å². The SMILES string of the molecule is CC(C)CCN1Cc2c(cc(O)c3c2OC2(C3)C(C)CCC3C(C)(C)C(O)CCC32C)C1=O. The van der Waals surface area contributed by atoms with Crippen molar-refractivity contribution in [1.29, 1.82) is 0 Å². The Bertz CT molecular complexity index is 985. The molecule has 5 rings (SSSR count). The molecular weight excluding hydrogens is 414 g/mol. The zero-order valence-electron chi connectivity index (χ0n) is 21.2. The van der Waals surface area contributed by atoms with Crippen LogP contribution < -0.4 is 4.74 Å². The second kappa shape index (κ2) is 7.37. The molecule has 5 atom stereocenters. The number of aromatic hydroxyl groups is 1. The van der Waals surface area contributed by atoms with Gasteiger partial charge in [-0.3, -0.25) is 4.79 Å². The van der Waals surface area contributed by atoms with E-state index in [4.69, 9.17) is 4.74 Å². The first-order valence-corrected chi connectivity index (χ1v) is 13.0.